The van der Waals surface area contributed by atoms with E-state index in [1.807, 2.05) is 0 Å². The Kier molecular flexibility index (Phi) is 6.13. The third-order valence-electron chi connectivity index (χ3n) is 4.28. The van der Waals surface area contributed by atoms with Gasteiger partial charge < -0.3 is 4.90 Å². The van der Waals surface area contributed by atoms with Crippen molar-refractivity contribution in [2.75, 3.05) is 26.2 Å². The molecule has 3 heteroatoms. The first-order valence-corrected chi connectivity index (χ1v) is 7.54. The number of carbonyl (C=O) groups excluding carboxylic acids is 1. The molecule has 1 saturated heterocycles. The summed E-state index contributed by atoms with van der Waals surface area (Å²) < 4.78 is 0. The number of rotatable bonds is 6. The van der Waals surface area contributed by atoms with Gasteiger partial charge in [0.1, 0.15) is 0 Å². The van der Waals surface area contributed by atoms with Crippen LogP contribution >= 0.6 is 0 Å². The number of hydrogen-bond donors (Lipinski definition) is 0. The first kappa shape index (κ1) is 15.5. The molecule has 0 unspecified atom stereocenters. The summed E-state index contributed by atoms with van der Waals surface area (Å²) in [6.45, 7) is 13.0. The normalized spacial score (nSPS) is 17.3. The van der Waals surface area contributed by atoms with Gasteiger partial charge in [0.05, 0.1) is 0 Å². The zero-order valence-electron chi connectivity index (χ0n) is 12.7. The molecule has 1 aliphatic heterocycles. The molecule has 1 heterocycles. The first-order valence-electron chi connectivity index (χ1n) is 7.54. The molecule has 1 amide bonds. The molecule has 18 heavy (non-hydrogen) atoms. The van der Waals surface area contributed by atoms with E-state index in [4.69, 9.17) is 0 Å². The third-order valence-corrected chi connectivity index (χ3v) is 4.28. The van der Waals surface area contributed by atoms with Crippen LogP contribution in [0.25, 0.3) is 0 Å². The number of carbonyl (C=O) groups is 1. The second-order valence-electron chi connectivity index (χ2n) is 5.93. The van der Waals surface area contributed by atoms with Crippen molar-refractivity contribution in [1.82, 2.24) is 9.80 Å². The molecule has 0 bridgehead atoms. The Morgan fingerprint density at radius 1 is 1.11 bits per heavy atom. The van der Waals surface area contributed by atoms with Gasteiger partial charge in [0.15, 0.2) is 0 Å². The van der Waals surface area contributed by atoms with Crippen LogP contribution in [0.4, 0.5) is 0 Å². The first-order chi connectivity index (χ1) is 8.51. The maximum atomic E-state index is 12.2. The zero-order valence-corrected chi connectivity index (χ0v) is 12.7. The molecule has 0 N–H and O–H groups in total. The van der Waals surface area contributed by atoms with Crippen molar-refractivity contribution in [2.45, 2.75) is 65.3 Å². The van der Waals surface area contributed by atoms with Gasteiger partial charge in [0, 0.05) is 25.0 Å². The van der Waals surface area contributed by atoms with E-state index >= 15 is 0 Å². The van der Waals surface area contributed by atoms with Gasteiger partial charge in [-0.05, 0) is 52.6 Å². The number of likely N-dealkylation sites (tertiary alicyclic amines) is 1. The van der Waals surface area contributed by atoms with E-state index in [2.05, 4.69) is 37.5 Å². The van der Waals surface area contributed by atoms with E-state index in [9.17, 15) is 4.79 Å². The highest BCUT2D eigenvalue weighted by Crippen LogP contribution is 2.21. The highest BCUT2D eigenvalue weighted by Gasteiger charge is 2.26. The molecule has 3 nitrogen and oxygen atoms in total. The van der Waals surface area contributed by atoms with Crippen molar-refractivity contribution in [1.29, 1.82) is 0 Å². The summed E-state index contributed by atoms with van der Waals surface area (Å²) in [6, 6.07) is 0. The van der Waals surface area contributed by atoms with Crippen LogP contribution in [0.2, 0.25) is 0 Å². The van der Waals surface area contributed by atoms with Gasteiger partial charge in [-0.3, -0.25) is 9.69 Å². The molecular formula is C15H30N2O. The van der Waals surface area contributed by atoms with Gasteiger partial charge in [-0.25, -0.2) is 0 Å². The Morgan fingerprint density at radius 2 is 1.67 bits per heavy atom. The number of amides is 1. The number of piperidine rings is 1. The van der Waals surface area contributed by atoms with Crippen molar-refractivity contribution in [2.24, 2.45) is 0 Å². The van der Waals surface area contributed by atoms with Gasteiger partial charge in [0.2, 0.25) is 5.91 Å². The SMILES string of the molecule is CCN(CC)C(C)(C)CCC(=O)N1CCCCC1. The van der Waals surface area contributed by atoms with Gasteiger partial charge in [-0.1, -0.05) is 13.8 Å². The highest BCUT2D eigenvalue weighted by atomic mass is 16.2. The molecule has 0 aliphatic carbocycles. The summed E-state index contributed by atoms with van der Waals surface area (Å²) in [5.74, 6) is 0.356. The van der Waals surface area contributed by atoms with E-state index in [-0.39, 0.29) is 5.54 Å². The van der Waals surface area contributed by atoms with Gasteiger partial charge in [-0.15, -0.1) is 0 Å². The molecule has 0 aromatic heterocycles. The summed E-state index contributed by atoms with van der Waals surface area (Å²) in [6.07, 6.45) is 5.32. The van der Waals surface area contributed by atoms with E-state index in [0.29, 0.717) is 12.3 Å². The van der Waals surface area contributed by atoms with Crippen LogP contribution in [0.3, 0.4) is 0 Å². The van der Waals surface area contributed by atoms with Crippen LogP contribution in [0, 0.1) is 0 Å². The lowest BCUT2D eigenvalue weighted by atomic mass is 9.95. The zero-order chi connectivity index (χ0) is 13.6. The van der Waals surface area contributed by atoms with Gasteiger partial charge in [0.25, 0.3) is 0 Å². The second-order valence-corrected chi connectivity index (χ2v) is 5.93. The molecule has 0 radical (unpaired) electrons. The van der Waals surface area contributed by atoms with Crippen molar-refractivity contribution >= 4 is 5.91 Å². The number of hydrogen-bond acceptors (Lipinski definition) is 2. The van der Waals surface area contributed by atoms with Gasteiger partial charge >= 0.3 is 0 Å². The summed E-state index contributed by atoms with van der Waals surface area (Å²) >= 11 is 0. The van der Waals surface area contributed by atoms with Crippen LogP contribution in [0.5, 0.6) is 0 Å². The molecule has 0 aromatic carbocycles. The maximum absolute atomic E-state index is 12.2. The molecule has 0 aromatic rings. The maximum Gasteiger partial charge on any atom is 0.222 e. The van der Waals surface area contributed by atoms with Crippen LogP contribution in [0.15, 0.2) is 0 Å². The fourth-order valence-corrected chi connectivity index (χ4v) is 2.95. The van der Waals surface area contributed by atoms with E-state index in [0.717, 1.165) is 32.6 Å². The van der Waals surface area contributed by atoms with Crippen molar-refractivity contribution in [3.63, 3.8) is 0 Å². The molecule has 0 saturated carbocycles. The van der Waals surface area contributed by atoms with Crippen LogP contribution in [-0.4, -0.2) is 47.4 Å². The van der Waals surface area contributed by atoms with Crippen LogP contribution < -0.4 is 0 Å². The Bertz CT molecular complexity index is 253. The minimum absolute atomic E-state index is 0.134. The molecule has 1 rings (SSSR count). The standard InChI is InChI=1S/C15H30N2O/c1-5-17(6-2)15(3,4)11-10-14(18)16-12-8-7-9-13-16/h5-13H2,1-4H3. The Hall–Kier alpha value is -0.570. The fraction of sp³-hybridized carbons (Fsp3) is 0.933. The second kappa shape index (κ2) is 7.13. The predicted molar refractivity (Wildman–Crippen MR) is 76.7 cm³/mol. The smallest absolute Gasteiger partial charge is 0.222 e. The third kappa shape index (κ3) is 4.27. The lowest BCUT2D eigenvalue weighted by Crippen LogP contribution is -2.45. The van der Waals surface area contributed by atoms with Crippen LogP contribution in [-0.2, 0) is 4.79 Å². The van der Waals surface area contributed by atoms with E-state index in [1.54, 1.807) is 0 Å². The Labute approximate surface area is 113 Å². The Morgan fingerprint density at radius 3 is 2.17 bits per heavy atom. The summed E-state index contributed by atoms with van der Waals surface area (Å²) in [7, 11) is 0. The van der Waals surface area contributed by atoms with Crippen molar-refractivity contribution < 1.29 is 4.79 Å². The predicted octanol–water partition coefficient (Wildman–Crippen LogP) is 2.90. The summed E-state index contributed by atoms with van der Waals surface area (Å²) in [5.41, 5.74) is 0.134. The van der Waals surface area contributed by atoms with E-state index < -0.39 is 0 Å². The average Bonchev–Trinajstić information content (AvgIpc) is 2.38. The molecule has 1 aliphatic rings. The molecule has 0 atom stereocenters. The minimum atomic E-state index is 0.134. The largest absolute Gasteiger partial charge is 0.343 e. The molecule has 0 spiro atoms. The minimum Gasteiger partial charge on any atom is -0.343 e. The highest BCUT2D eigenvalue weighted by molar-refractivity contribution is 5.76. The van der Waals surface area contributed by atoms with E-state index in [1.165, 1.54) is 19.3 Å². The molecule has 1 fully saturated rings. The molecule has 106 valence electrons. The summed E-state index contributed by atoms with van der Waals surface area (Å²) in [5, 5.41) is 0. The quantitative estimate of drug-likeness (QED) is 0.727. The monoisotopic (exact) mass is 254 g/mol. The topological polar surface area (TPSA) is 23.6 Å². The van der Waals surface area contributed by atoms with Gasteiger partial charge in [-0.2, -0.15) is 0 Å². The number of nitrogens with zero attached hydrogens (tertiary/aromatic N) is 2. The van der Waals surface area contributed by atoms with Crippen LogP contribution in [0.1, 0.15) is 59.8 Å². The fourth-order valence-electron chi connectivity index (χ4n) is 2.95. The lowest BCUT2D eigenvalue weighted by molar-refractivity contribution is -0.132. The van der Waals surface area contributed by atoms with Crippen molar-refractivity contribution in [3.8, 4) is 0 Å². The van der Waals surface area contributed by atoms with Crippen molar-refractivity contribution in [3.05, 3.63) is 0 Å². The summed E-state index contributed by atoms with van der Waals surface area (Å²) in [4.78, 5) is 16.6. The molecular weight excluding hydrogens is 224 g/mol. The average molecular weight is 254 g/mol. The lowest BCUT2D eigenvalue weighted by Gasteiger charge is -2.38. The Balaban J connectivity index is 2.40.